The Bertz CT molecular complexity index is 218. The van der Waals surface area contributed by atoms with E-state index in [0.29, 0.717) is 5.88 Å². The zero-order valence-corrected chi connectivity index (χ0v) is 9.73. The Kier molecular flexibility index (Phi) is 3.78. The van der Waals surface area contributed by atoms with E-state index in [9.17, 15) is 4.79 Å². The lowest BCUT2D eigenvalue weighted by molar-refractivity contribution is -0.133. The summed E-state index contributed by atoms with van der Waals surface area (Å²) in [6.07, 6.45) is 1.68. The van der Waals surface area contributed by atoms with Crippen LogP contribution in [0.25, 0.3) is 0 Å². The van der Waals surface area contributed by atoms with Crippen LogP contribution in [0, 0.1) is 0 Å². The second-order valence-corrected chi connectivity index (χ2v) is 4.79. The summed E-state index contributed by atoms with van der Waals surface area (Å²) in [6, 6.07) is 0. The maximum absolute atomic E-state index is 11.7. The van der Waals surface area contributed by atoms with E-state index in [-0.39, 0.29) is 23.7 Å². The van der Waals surface area contributed by atoms with E-state index in [1.165, 1.54) is 0 Å². The monoisotopic (exact) mass is 219 g/mol. The van der Waals surface area contributed by atoms with Crippen LogP contribution in [0.4, 0.5) is 0 Å². The normalized spacial score (nSPS) is 27.7. The Balaban J connectivity index is 2.43. The zero-order valence-electron chi connectivity index (χ0n) is 8.97. The quantitative estimate of drug-likeness (QED) is 0.734. The van der Waals surface area contributed by atoms with Gasteiger partial charge in [0.1, 0.15) is 6.10 Å². The van der Waals surface area contributed by atoms with E-state index in [1.54, 1.807) is 0 Å². The van der Waals surface area contributed by atoms with Crippen molar-refractivity contribution in [2.45, 2.75) is 51.4 Å². The van der Waals surface area contributed by atoms with Crippen molar-refractivity contribution in [3.8, 4) is 0 Å². The van der Waals surface area contributed by atoms with Crippen LogP contribution in [0.15, 0.2) is 0 Å². The number of carbonyl (C=O) groups is 1. The molecule has 0 bridgehead atoms. The predicted octanol–water partition coefficient (Wildman–Crippen LogP) is 1.69. The summed E-state index contributed by atoms with van der Waals surface area (Å²) in [5, 5.41) is 2.87. The van der Waals surface area contributed by atoms with E-state index in [2.05, 4.69) is 5.32 Å². The Morgan fingerprint density at radius 1 is 1.57 bits per heavy atom. The van der Waals surface area contributed by atoms with E-state index in [4.69, 9.17) is 16.3 Å². The fourth-order valence-corrected chi connectivity index (χ4v) is 1.51. The molecule has 2 atom stereocenters. The molecule has 1 heterocycles. The van der Waals surface area contributed by atoms with Crippen LogP contribution in [0.5, 0.6) is 0 Å². The molecule has 0 saturated carbocycles. The number of hydrogen-bond acceptors (Lipinski definition) is 2. The van der Waals surface area contributed by atoms with E-state index >= 15 is 0 Å². The van der Waals surface area contributed by atoms with Crippen LogP contribution in [0.3, 0.4) is 0 Å². The number of alkyl halides is 1. The minimum Gasteiger partial charge on any atom is -0.365 e. The third kappa shape index (κ3) is 3.14. The van der Waals surface area contributed by atoms with Crippen LogP contribution in [0.1, 0.15) is 33.6 Å². The molecule has 4 heteroatoms. The molecule has 1 N–H and O–H groups in total. The van der Waals surface area contributed by atoms with Gasteiger partial charge in [-0.3, -0.25) is 4.79 Å². The number of carbonyl (C=O) groups excluding carboxylic acids is 1. The van der Waals surface area contributed by atoms with Gasteiger partial charge in [0, 0.05) is 11.4 Å². The fourth-order valence-electron chi connectivity index (χ4n) is 1.44. The summed E-state index contributed by atoms with van der Waals surface area (Å²) in [7, 11) is 0. The Hall–Kier alpha value is -0.280. The third-order valence-corrected chi connectivity index (χ3v) is 2.99. The fraction of sp³-hybridized carbons (Fsp3) is 0.900. The lowest BCUT2D eigenvalue weighted by Crippen LogP contribution is -2.49. The Labute approximate surface area is 90.1 Å². The summed E-state index contributed by atoms with van der Waals surface area (Å²) in [5.74, 6) is 0.362. The van der Waals surface area contributed by atoms with Gasteiger partial charge in [-0.05, 0) is 33.6 Å². The highest BCUT2D eigenvalue weighted by atomic mass is 35.5. The average Bonchev–Trinajstić information content (AvgIpc) is 2.51. The average molecular weight is 220 g/mol. The summed E-state index contributed by atoms with van der Waals surface area (Å²) < 4.78 is 5.46. The van der Waals surface area contributed by atoms with Crippen molar-refractivity contribution in [2.24, 2.45) is 0 Å². The first kappa shape index (κ1) is 11.8. The van der Waals surface area contributed by atoms with Crippen LogP contribution < -0.4 is 5.32 Å². The van der Waals surface area contributed by atoms with Crippen molar-refractivity contribution in [1.82, 2.24) is 5.32 Å². The van der Waals surface area contributed by atoms with Crippen molar-refractivity contribution in [3.63, 3.8) is 0 Å². The highest BCUT2D eigenvalue weighted by Gasteiger charge is 2.31. The van der Waals surface area contributed by atoms with Gasteiger partial charge in [0.25, 0.3) is 0 Å². The van der Waals surface area contributed by atoms with Crippen molar-refractivity contribution in [3.05, 3.63) is 0 Å². The summed E-state index contributed by atoms with van der Waals surface area (Å²) in [4.78, 5) is 11.7. The molecule has 3 nitrogen and oxygen atoms in total. The van der Waals surface area contributed by atoms with Gasteiger partial charge in [-0.15, -0.1) is 11.6 Å². The first-order valence-electron chi connectivity index (χ1n) is 4.98. The molecule has 0 radical (unpaired) electrons. The predicted molar refractivity (Wildman–Crippen MR) is 56.5 cm³/mol. The molecule has 1 saturated heterocycles. The molecule has 14 heavy (non-hydrogen) atoms. The van der Waals surface area contributed by atoms with Crippen LogP contribution in [-0.4, -0.2) is 29.5 Å². The van der Waals surface area contributed by atoms with Gasteiger partial charge < -0.3 is 10.1 Å². The molecular weight excluding hydrogens is 202 g/mol. The second kappa shape index (κ2) is 4.49. The number of ether oxygens (including phenoxy) is 1. The lowest BCUT2D eigenvalue weighted by atomic mass is 10.1. The summed E-state index contributed by atoms with van der Waals surface area (Å²) in [6.45, 7) is 5.78. The molecule has 1 amide bonds. The first-order valence-corrected chi connectivity index (χ1v) is 5.51. The second-order valence-electron chi connectivity index (χ2n) is 4.52. The van der Waals surface area contributed by atoms with Crippen molar-refractivity contribution in [1.29, 1.82) is 0 Å². The molecule has 0 spiro atoms. The van der Waals surface area contributed by atoms with Crippen LogP contribution >= 0.6 is 11.6 Å². The van der Waals surface area contributed by atoms with E-state index in [0.717, 1.165) is 12.8 Å². The summed E-state index contributed by atoms with van der Waals surface area (Å²) in [5.41, 5.74) is -0.353. The molecule has 0 aromatic carbocycles. The van der Waals surface area contributed by atoms with Gasteiger partial charge in [0.2, 0.25) is 5.91 Å². The number of rotatable bonds is 3. The van der Waals surface area contributed by atoms with Crippen molar-refractivity contribution >= 4 is 17.5 Å². The Morgan fingerprint density at radius 2 is 2.21 bits per heavy atom. The molecule has 1 aliphatic rings. The smallest absolute Gasteiger partial charge is 0.249 e. The summed E-state index contributed by atoms with van der Waals surface area (Å²) >= 11 is 5.72. The highest BCUT2D eigenvalue weighted by molar-refractivity contribution is 6.18. The Morgan fingerprint density at radius 3 is 2.64 bits per heavy atom. The minimum atomic E-state index is -0.353. The molecule has 0 aliphatic carbocycles. The molecule has 1 rings (SSSR count). The van der Waals surface area contributed by atoms with Gasteiger partial charge in [0.05, 0.1) is 6.10 Å². The standard InChI is InChI=1S/C10H18ClNO2/c1-7-4-5-8(14-7)9(13)12-10(2,3)6-11/h7-8H,4-6H2,1-3H3,(H,12,13). The number of halogens is 1. The van der Waals surface area contributed by atoms with Gasteiger partial charge >= 0.3 is 0 Å². The van der Waals surface area contributed by atoms with Gasteiger partial charge in [-0.25, -0.2) is 0 Å². The van der Waals surface area contributed by atoms with Crippen LogP contribution in [0.2, 0.25) is 0 Å². The number of amides is 1. The minimum absolute atomic E-state index is 0.0417. The van der Waals surface area contributed by atoms with Crippen molar-refractivity contribution < 1.29 is 9.53 Å². The molecule has 82 valence electrons. The maximum atomic E-state index is 11.7. The first-order chi connectivity index (χ1) is 6.44. The van der Waals surface area contributed by atoms with Crippen LogP contribution in [-0.2, 0) is 9.53 Å². The molecular formula is C10H18ClNO2. The molecule has 1 fully saturated rings. The largest absolute Gasteiger partial charge is 0.365 e. The molecule has 1 aliphatic heterocycles. The van der Waals surface area contributed by atoms with Gasteiger partial charge in [-0.2, -0.15) is 0 Å². The van der Waals surface area contributed by atoms with E-state index < -0.39 is 0 Å². The van der Waals surface area contributed by atoms with Crippen molar-refractivity contribution in [2.75, 3.05) is 5.88 Å². The number of hydrogen-bond donors (Lipinski definition) is 1. The topological polar surface area (TPSA) is 38.3 Å². The highest BCUT2D eigenvalue weighted by Crippen LogP contribution is 2.19. The molecule has 0 aromatic heterocycles. The third-order valence-electron chi connectivity index (χ3n) is 2.32. The van der Waals surface area contributed by atoms with Gasteiger partial charge in [0.15, 0.2) is 0 Å². The zero-order chi connectivity index (χ0) is 10.8. The number of nitrogens with one attached hydrogen (secondary N) is 1. The lowest BCUT2D eigenvalue weighted by Gasteiger charge is -2.25. The SMILES string of the molecule is CC1CCC(C(=O)NC(C)(C)CCl)O1. The maximum Gasteiger partial charge on any atom is 0.249 e. The van der Waals surface area contributed by atoms with E-state index in [1.807, 2.05) is 20.8 Å². The molecule has 0 aromatic rings. The molecule has 2 unspecified atom stereocenters. The van der Waals surface area contributed by atoms with Gasteiger partial charge in [-0.1, -0.05) is 0 Å².